The number of nitrogens with zero attached hydrogens (tertiary/aromatic N) is 5. The molecule has 4 fully saturated rings. The van der Waals surface area contributed by atoms with Crippen LogP contribution in [0, 0.1) is 23.0 Å². The minimum absolute atomic E-state index is 0.0273. The molecule has 4 aliphatic rings. The van der Waals surface area contributed by atoms with Gasteiger partial charge in [0.25, 0.3) is 0 Å². The zero-order valence-corrected chi connectivity index (χ0v) is 27.9. The van der Waals surface area contributed by atoms with Gasteiger partial charge >= 0.3 is 6.01 Å². The quantitative estimate of drug-likeness (QED) is 0.234. The molecule has 246 valence electrons. The average molecular weight is 680 g/mol. The van der Waals surface area contributed by atoms with Crippen molar-refractivity contribution in [2.45, 2.75) is 75.8 Å². The Morgan fingerprint density at radius 1 is 1.21 bits per heavy atom. The Bertz CT molecular complexity index is 1940. The van der Waals surface area contributed by atoms with E-state index in [0.717, 1.165) is 56.5 Å². The summed E-state index contributed by atoms with van der Waals surface area (Å²) in [6, 6.07) is 7.15. The van der Waals surface area contributed by atoms with Crippen molar-refractivity contribution in [2.24, 2.45) is 0 Å². The van der Waals surface area contributed by atoms with E-state index in [-0.39, 0.29) is 66.1 Å². The molecule has 2 aromatic heterocycles. The van der Waals surface area contributed by atoms with Gasteiger partial charge in [-0.3, -0.25) is 4.90 Å². The molecule has 3 N–H and O–H groups in total. The highest BCUT2D eigenvalue weighted by Crippen LogP contribution is 2.46. The number of ether oxygens (including phenoxy) is 2. The van der Waals surface area contributed by atoms with Gasteiger partial charge in [-0.05, 0) is 70.2 Å². The summed E-state index contributed by atoms with van der Waals surface area (Å²) in [4.78, 5) is 14.2. The molecule has 4 aliphatic heterocycles. The van der Waals surface area contributed by atoms with Gasteiger partial charge in [0, 0.05) is 48.1 Å². The second-order valence-corrected chi connectivity index (χ2v) is 15.1. The topological polar surface area (TPSA) is 113 Å². The van der Waals surface area contributed by atoms with Crippen LogP contribution in [0.15, 0.2) is 18.2 Å². The number of hydrogen-bond donors (Lipinski definition) is 2. The lowest BCUT2D eigenvalue weighted by Gasteiger charge is -2.34. The number of aromatic nitrogens is 2. The highest BCUT2D eigenvalue weighted by Gasteiger charge is 2.50. The molecule has 0 amide bonds. The van der Waals surface area contributed by atoms with E-state index in [1.165, 1.54) is 12.1 Å². The van der Waals surface area contributed by atoms with E-state index < -0.39 is 11.6 Å². The molecule has 4 atom stereocenters. The molecule has 2 aromatic carbocycles. The monoisotopic (exact) mass is 679 g/mol. The fourth-order valence-electron chi connectivity index (χ4n) is 8.33. The molecule has 13 heteroatoms. The van der Waals surface area contributed by atoms with Gasteiger partial charge in [0.1, 0.15) is 34.8 Å². The lowest BCUT2D eigenvalue weighted by Crippen LogP contribution is -2.51. The summed E-state index contributed by atoms with van der Waals surface area (Å²) in [5.41, 5.74) is 6.36. The predicted molar refractivity (Wildman–Crippen MR) is 180 cm³/mol. The lowest BCUT2D eigenvalue weighted by molar-refractivity contribution is 0.0118. The van der Waals surface area contributed by atoms with Crippen molar-refractivity contribution in [3.05, 3.63) is 40.4 Å². The fourth-order valence-corrected chi connectivity index (χ4v) is 9.58. The van der Waals surface area contributed by atoms with Gasteiger partial charge in [-0.25, -0.2) is 8.78 Å². The van der Waals surface area contributed by atoms with Crippen LogP contribution in [0.4, 0.5) is 19.6 Å². The maximum Gasteiger partial charge on any atom is 0.319 e. The number of nitrogens with two attached hydrogens (primary N) is 1. The first-order valence-corrected chi connectivity index (χ1v) is 17.5. The number of hydrogen-bond acceptors (Lipinski definition) is 10. The number of benzene rings is 2. The normalized spacial score (nSPS) is 25.7. The maximum absolute atomic E-state index is 17.0. The van der Waals surface area contributed by atoms with Crippen molar-refractivity contribution in [2.75, 3.05) is 43.4 Å². The second-order valence-electron chi connectivity index (χ2n) is 13.6. The van der Waals surface area contributed by atoms with Crippen LogP contribution in [-0.4, -0.2) is 77.5 Å². The van der Waals surface area contributed by atoms with E-state index in [0.29, 0.717) is 43.0 Å². The second kappa shape index (κ2) is 11.7. The molecule has 8 rings (SSSR count). The van der Waals surface area contributed by atoms with Crippen molar-refractivity contribution in [3.63, 3.8) is 0 Å². The third-order valence-electron chi connectivity index (χ3n) is 10.3. The molecule has 2 unspecified atom stereocenters. The SMILES string of the molecule is CC(C)O[C@@H]1CN2CCC[C@]2(COc2nc(N3CC4CCC(C3)N4)c3cc(Cl)c(-c4ccc(F)c5sc(N)c(C#N)c45)c(F)c3n2)C1. The minimum atomic E-state index is -0.687. The van der Waals surface area contributed by atoms with E-state index in [1.807, 2.05) is 0 Å². The van der Waals surface area contributed by atoms with Gasteiger partial charge < -0.3 is 25.4 Å². The van der Waals surface area contributed by atoms with Gasteiger partial charge in [0.15, 0.2) is 5.82 Å². The number of fused-ring (bicyclic) bond motifs is 5. The third kappa shape index (κ3) is 5.18. The molecule has 9 nitrogen and oxygen atoms in total. The zero-order chi connectivity index (χ0) is 32.6. The number of nitriles is 1. The zero-order valence-electron chi connectivity index (χ0n) is 26.3. The summed E-state index contributed by atoms with van der Waals surface area (Å²) in [5.74, 6) is -0.653. The molecule has 47 heavy (non-hydrogen) atoms. The van der Waals surface area contributed by atoms with E-state index >= 15 is 4.39 Å². The molecule has 0 aliphatic carbocycles. The molecule has 0 radical (unpaired) electrons. The Balaban J connectivity index is 1.25. The van der Waals surface area contributed by atoms with Crippen molar-refractivity contribution in [3.8, 4) is 23.2 Å². The Labute approximate surface area is 280 Å². The fraction of sp³-hybridized carbons (Fsp3) is 0.500. The Kier molecular flexibility index (Phi) is 7.69. The van der Waals surface area contributed by atoms with Crippen LogP contribution in [0.3, 0.4) is 0 Å². The molecular weight excluding hydrogens is 644 g/mol. The van der Waals surface area contributed by atoms with E-state index in [2.05, 4.69) is 40.0 Å². The number of thiophene rings is 1. The summed E-state index contributed by atoms with van der Waals surface area (Å²) < 4.78 is 44.7. The maximum atomic E-state index is 17.0. The van der Waals surface area contributed by atoms with Crippen LogP contribution < -0.4 is 20.7 Å². The van der Waals surface area contributed by atoms with Crippen LogP contribution >= 0.6 is 22.9 Å². The van der Waals surface area contributed by atoms with Gasteiger partial charge in [-0.2, -0.15) is 15.2 Å². The van der Waals surface area contributed by atoms with Gasteiger partial charge in [-0.1, -0.05) is 17.7 Å². The molecule has 2 bridgehead atoms. The molecule has 4 saturated heterocycles. The summed E-state index contributed by atoms with van der Waals surface area (Å²) in [6.07, 6.45) is 5.30. The predicted octanol–water partition coefficient (Wildman–Crippen LogP) is 6.25. The number of nitrogen functional groups attached to an aromatic ring is 1. The Hall–Kier alpha value is -3.34. The number of halogens is 3. The Morgan fingerprint density at radius 3 is 2.74 bits per heavy atom. The largest absolute Gasteiger partial charge is 0.461 e. The summed E-state index contributed by atoms with van der Waals surface area (Å²) in [6.45, 7) is 7.74. The Morgan fingerprint density at radius 2 is 2.00 bits per heavy atom. The smallest absolute Gasteiger partial charge is 0.319 e. The first kappa shape index (κ1) is 31.0. The van der Waals surface area contributed by atoms with E-state index in [1.54, 1.807) is 6.07 Å². The standard InChI is InChI=1S/C34H36ClF2N7O2S/c1-17(2)46-20-11-34(8-3-9-44(34)15-20)16-45-33-41-29-22(32(42-33)43-13-18-4-5-19(14-43)40-18)10-24(35)27(28(29)37)21-6-7-25(36)30-26(21)23(12-38)31(39)47-30/h6-7,10,17-20,40H,3-5,8-9,11,13-16,39H2,1-2H3/t18?,19?,20-,34+/m0/s1. The number of anilines is 2. The van der Waals surface area contributed by atoms with Gasteiger partial charge in [0.05, 0.1) is 33.0 Å². The van der Waals surface area contributed by atoms with Crippen molar-refractivity contribution in [1.29, 1.82) is 5.26 Å². The van der Waals surface area contributed by atoms with Gasteiger partial charge in [0.2, 0.25) is 0 Å². The van der Waals surface area contributed by atoms with Crippen molar-refractivity contribution < 1.29 is 18.3 Å². The minimum Gasteiger partial charge on any atom is -0.461 e. The average Bonchev–Trinajstić information content (AvgIpc) is 3.77. The summed E-state index contributed by atoms with van der Waals surface area (Å²) in [5, 5.41) is 14.5. The lowest BCUT2D eigenvalue weighted by atomic mass is 9.94. The van der Waals surface area contributed by atoms with Crippen LogP contribution in [0.2, 0.25) is 5.02 Å². The highest BCUT2D eigenvalue weighted by molar-refractivity contribution is 7.23. The number of nitrogens with one attached hydrogen (secondary N) is 1. The molecule has 0 saturated carbocycles. The summed E-state index contributed by atoms with van der Waals surface area (Å²) >= 11 is 7.84. The molecule has 4 aromatic rings. The first-order valence-electron chi connectivity index (χ1n) is 16.3. The number of piperazine rings is 1. The molecular formula is C34H36ClF2N7O2S. The van der Waals surface area contributed by atoms with Gasteiger partial charge in [-0.15, -0.1) is 11.3 Å². The van der Waals surface area contributed by atoms with Crippen LogP contribution in [0.5, 0.6) is 6.01 Å². The van der Waals surface area contributed by atoms with Crippen molar-refractivity contribution in [1.82, 2.24) is 20.2 Å². The van der Waals surface area contributed by atoms with Crippen LogP contribution in [0.25, 0.3) is 32.1 Å². The summed E-state index contributed by atoms with van der Waals surface area (Å²) in [7, 11) is 0. The third-order valence-corrected chi connectivity index (χ3v) is 11.6. The molecule has 0 spiro atoms. The van der Waals surface area contributed by atoms with Crippen LogP contribution in [-0.2, 0) is 4.74 Å². The first-order chi connectivity index (χ1) is 22.6. The number of rotatable bonds is 7. The highest BCUT2D eigenvalue weighted by atomic mass is 35.5. The van der Waals surface area contributed by atoms with Crippen LogP contribution in [0.1, 0.15) is 51.5 Å². The van der Waals surface area contributed by atoms with E-state index in [4.69, 9.17) is 31.8 Å². The van der Waals surface area contributed by atoms with E-state index in [9.17, 15) is 9.65 Å². The molecule has 6 heterocycles. The van der Waals surface area contributed by atoms with Crippen molar-refractivity contribution >= 4 is 54.7 Å².